The lowest BCUT2D eigenvalue weighted by Crippen LogP contribution is -2.60. The molecule has 3 fully saturated rings. The Morgan fingerprint density at radius 1 is 1.06 bits per heavy atom. The summed E-state index contributed by atoms with van der Waals surface area (Å²) in [7, 11) is 0. The summed E-state index contributed by atoms with van der Waals surface area (Å²) in [5.74, 6) is 2.27. The molecule has 2 saturated carbocycles. The van der Waals surface area contributed by atoms with E-state index < -0.39 is 17.5 Å². The third-order valence-corrected chi connectivity index (χ3v) is 8.32. The molecule has 1 aromatic rings. The summed E-state index contributed by atoms with van der Waals surface area (Å²) >= 11 is 0. The fraction of sp³-hybridized carbons (Fsp3) is 0.621. The monoisotopic (exact) mass is 477 g/mol. The van der Waals surface area contributed by atoms with Gasteiger partial charge >= 0.3 is 0 Å². The molecule has 1 saturated heterocycles. The van der Waals surface area contributed by atoms with E-state index in [0.717, 1.165) is 30.4 Å². The second kappa shape index (κ2) is 9.68. The Morgan fingerprint density at radius 2 is 1.71 bits per heavy atom. The van der Waals surface area contributed by atoms with Crippen LogP contribution in [0.2, 0.25) is 0 Å². The minimum Gasteiger partial charge on any atom is -0.348 e. The maximum atomic E-state index is 13.7. The van der Waals surface area contributed by atoms with Gasteiger partial charge in [0.1, 0.15) is 12.1 Å². The molecule has 6 nitrogen and oxygen atoms in total. The number of terminal acetylenes is 1. The third kappa shape index (κ3) is 5.24. The van der Waals surface area contributed by atoms with E-state index in [4.69, 9.17) is 6.42 Å². The zero-order valence-electron chi connectivity index (χ0n) is 21.5. The molecule has 3 unspecified atom stereocenters. The first-order chi connectivity index (χ1) is 16.5. The molecule has 188 valence electrons. The third-order valence-electron chi connectivity index (χ3n) is 8.32. The normalized spacial score (nSPS) is 22.9. The summed E-state index contributed by atoms with van der Waals surface area (Å²) in [5.41, 5.74) is 1.69. The van der Waals surface area contributed by atoms with Crippen molar-refractivity contribution in [1.82, 2.24) is 15.5 Å². The second-order valence-corrected chi connectivity index (χ2v) is 12.0. The van der Waals surface area contributed by atoms with Crippen LogP contribution in [0.4, 0.5) is 0 Å². The van der Waals surface area contributed by atoms with E-state index >= 15 is 0 Å². The van der Waals surface area contributed by atoms with Crippen LogP contribution in [0.25, 0.3) is 0 Å². The van der Waals surface area contributed by atoms with Gasteiger partial charge in [-0.05, 0) is 74.0 Å². The zero-order chi connectivity index (χ0) is 25.4. The van der Waals surface area contributed by atoms with Gasteiger partial charge in [0.25, 0.3) is 0 Å². The second-order valence-electron chi connectivity index (χ2n) is 12.0. The number of nitrogens with one attached hydrogen (secondary N) is 2. The van der Waals surface area contributed by atoms with Crippen LogP contribution in [0.3, 0.4) is 0 Å². The predicted molar refractivity (Wildman–Crippen MR) is 136 cm³/mol. The number of hydrogen-bond donors (Lipinski definition) is 2. The molecule has 1 spiro atoms. The van der Waals surface area contributed by atoms with Crippen molar-refractivity contribution in [3.05, 3.63) is 35.4 Å². The Morgan fingerprint density at radius 3 is 2.26 bits per heavy atom. The van der Waals surface area contributed by atoms with Gasteiger partial charge in [0.2, 0.25) is 17.7 Å². The fourth-order valence-electron chi connectivity index (χ4n) is 5.89. The summed E-state index contributed by atoms with van der Waals surface area (Å²) in [6.45, 7) is 8.36. The quantitative estimate of drug-likeness (QED) is 0.609. The Bertz CT molecular complexity index is 1010. The summed E-state index contributed by atoms with van der Waals surface area (Å²) in [5, 5.41) is 6.15. The van der Waals surface area contributed by atoms with Crippen molar-refractivity contribution in [3.8, 4) is 12.3 Å². The first-order valence-electron chi connectivity index (χ1n) is 13.0. The number of nitrogens with zero attached hydrogens (tertiary/aromatic N) is 1. The molecule has 35 heavy (non-hydrogen) atoms. The first-order valence-corrected chi connectivity index (χ1v) is 13.0. The van der Waals surface area contributed by atoms with Gasteiger partial charge in [0.05, 0.1) is 6.04 Å². The highest BCUT2D eigenvalue weighted by molar-refractivity contribution is 5.93. The van der Waals surface area contributed by atoms with E-state index in [1.54, 1.807) is 4.90 Å². The summed E-state index contributed by atoms with van der Waals surface area (Å²) in [6.07, 6.45) is 12.4. The van der Waals surface area contributed by atoms with Crippen LogP contribution in [0.1, 0.15) is 89.8 Å². The van der Waals surface area contributed by atoms with E-state index in [-0.39, 0.29) is 29.7 Å². The van der Waals surface area contributed by atoms with Gasteiger partial charge in [-0.3, -0.25) is 14.4 Å². The number of carbonyl (C=O) groups excluding carboxylic acids is 3. The number of likely N-dealkylation sites (tertiary alicyclic amines) is 1. The smallest absolute Gasteiger partial charge is 0.246 e. The SMILES string of the molecule is C#Cc1ccc(C(C)NC(=O)C2CCCN2C(=O)C(NC(=O)C2CC3(CCC3)C2)C(C)(C)C)cc1. The highest BCUT2D eigenvalue weighted by Gasteiger charge is 2.51. The van der Waals surface area contributed by atoms with Crippen LogP contribution < -0.4 is 10.6 Å². The largest absolute Gasteiger partial charge is 0.348 e. The standard InChI is InChI=1S/C29H39N3O3/c1-6-20-10-12-21(13-11-20)19(2)30-26(34)23-9-7-16-32(23)27(35)24(28(3,4)5)31-25(33)22-17-29(18-22)14-8-15-29/h1,10-13,19,22-24H,7-9,14-18H2,2-5H3,(H,30,34)(H,31,33). The number of rotatable bonds is 6. The highest BCUT2D eigenvalue weighted by atomic mass is 16.2. The number of amides is 3. The lowest BCUT2D eigenvalue weighted by Gasteiger charge is -2.53. The van der Waals surface area contributed by atoms with Crippen molar-refractivity contribution in [2.75, 3.05) is 6.54 Å². The molecule has 3 aliphatic rings. The van der Waals surface area contributed by atoms with Crippen LogP contribution >= 0.6 is 0 Å². The summed E-state index contributed by atoms with van der Waals surface area (Å²) in [6, 6.07) is 6.15. The zero-order valence-corrected chi connectivity index (χ0v) is 21.5. The topological polar surface area (TPSA) is 78.5 Å². The average Bonchev–Trinajstić information content (AvgIpc) is 3.24. The predicted octanol–water partition coefficient (Wildman–Crippen LogP) is 3.95. The first kappa shape index (κ1) is 25.3. The Hall–Kier alpha value is -2.81. The minimum absolute atomic E-state index is 0.00679. The van der Waals surface area contributed by atoms with Crippen LogP contribution in [0.15, 0.2) is 24.3 Å². The van der Waals surface area contributed by atoms with Crippen LogP contribution in [0.5, 0.6) is 0 Å². The van der Waals surface area contributed by atoms with Gasteiger partial charge in [-0.15, -0.1) is 6.42 Å². The van der Waals surface area contributed by atoms with E-state index in [9.17, 15) is 14.4 Å². The molecule has 6 heteroatoms. The van der Waals surface area contributed by atoms with Crippen molar-refractivity contribution in [1.29, 1.82) is 0 Å². The van der Waals surface area contributed by atoms with Gasteiger partial charge in [-0.1, -0.05) is 45.2 Å². The molecule has 4 rings (SSSR count). The van der Waals surface area contributed by atoms with Crippen LogP contribution in [0, 0.1) is 29.1 Å². The Balaban J connectivity index is 1.40. The summed E-state index contributed by atoms with van der Waals surface area (Å²) < 4.78 is 0. The van der Waals surface area contributed by atoms with Gasteiger partial charge in [0, 0.05) is 18.0 Å². The van der Waals surface area contributed by atoms with Gasteiger partial charge in [-0.2, -0.15) is 0 Å². The average molecular weight is 478 g/mol. The fourth-order valence-corrected chi connectivity index (χ4v) is 5.89. The number of hydrogen-bond acceptors (Lipinski definition) is 3. The highest BCUT2D eigenvalue weighted by Crippen LogP contribution is 2.58. The van der Waals surface area contributed by atoms with E-state index in [2.05, 4.69) is 16.6 Å². The van der Waals surface area contributed by atoms with Gasteiger partial charge in [-0.25, -0.2) is 0 Å². The van der Waals surface area contributed by atoms with Crippen LogP contribution in [-0.4, -0.2) is 41.2 Å². The lowest BCUT2D eigenvalue weighted by molar-refractivity contribution is -0.147. The molecule has 0 aromatic heterocycles. The maximum absolute atomic E-state index is 13.7. The minimum atomic E-state index is -0.657. The molecular weight excluding hydrogens is 438 g/mol. The molecule has 3 atom stereocenters. The van der Waals surface area contributed by atoms with E-state index in [1.165, 1.54) is 19.3 Å². The molecule has 2 aliphatic carbocycles. The van der Waals surface area contributed by atoms with E-state index in [1.807, 2.05) is 52.0 Å². The van der Waals surface area contributed by atoms with Crippen molar-refractivity contribution >= 4 is 17.7 Å². The van der Waals surface area contributed by atoms with Crippen molar-refractivity contribution < 1.29 is 14.4 Å². The van der Waals surface area contributed by atoms with Crippen molar-refractivity contribution in [3.63, 3.8) is 0 Å². The lowest BCUT2D eigenvalue weighted by atomic mass is 9.51. The molecule has 3 amide bonds. The molecule has 0 bridgehead atoms. The Kier molecular flexibility index (Phi) is 6.99. The molecule has 1 aromatic carbocycles. The maximum Gasteiger partial charge on any atom is 0.246 e. The van der Waals surface area contributed by atoms with Crippen LogP contribution in [-0.2, 0) is 14.4 Å². The number of benzene rings is 1. The molecule has 1 heterocycles. The Labute approximate surface area is 209 Å². The van der Waals surface area contributed by atoms with E-state index in [0.29, 0.717) is 18.4 Å². The van der Waals surface area contributed by atoms with Gasteiger partial charge in [0.15, 0.2) is 0 Å². The molecular formula is C29H39N3O3. The number of carbonyl (C=O) groups is 3. The van der Waals surface area contributed by atoms with Gasteiger partial charge < -0.3 is 15.5 Å². The van der Waals surface area contributed by atoms with Crippen molar-refractivity contribution in [2.24, 2.45) is 16.7 Å². The van der Waals surface area contributed by atoms with Crippen molar-refractivity contribution in [2.45, 2.75) is 90.8 Å². The molecule has 0 radical (unpaired) electrons. The molecule has 1 aliphatic heterocycles. The summed E-state index contributed by atoms with van der Waals surface area (Å²) in [4.78, 5) is 41.6. The molecule has 2 N–H and O–H groups in total.